The smallest absolute Gasteiger partial charge is 0.123 e. The molecule has 1 aromatic carbocycles. The van der Waals surface area contributed by atoms with Crippen molar-refractivity contribution in [3.63, 3.8) is 0 Å². The van der Waals surface area contributed by atoms with E-state index in [4.69, 9.17) is 4.74 Å². The zero-order chi connectivity index (χ0) is 12.8. The number of rotatable bonds is 5. The van der Waals surface area contributed by atoms with Crippen LogP contribution in [0.3, 0.4) is 0 Å². The maximum Gasteiger partial charge on any atom is 0.123 e. The number of nitrogens with one attached hydrogen (secondary N) is 1. The Balaban J connectivity index is 1.90. The van der Waals surface area contributed by atoms with Crippen molar-refractivity contribution >= 4 is 0 Å². The maximum atomic E-state index is 5.41. The molecule has 2 nitrogen and oxygen atoms in total. The molecule has 1 aliphatic rings. The van der Waals surface area contributed by atoms with Gasteiger partial charge in [-0.3, -0.25) is 0 Å². The SMILES string of the molecule is COc1ccccc1[C@H](C)NCC1CC=CCC1. The van der Waals surface area contributed by atoms with Gasteiger partial charge in [0.25, 0.3) is 0 Å². The van der Waals surface area contributed by atoms with Gasteiger partial charge in [0, 0.05) is 11.6 Å². The summed E-state index contributed by atoms with van der Waals surface area (Å²) in [6, 6.07) is 8.58. The fourth-order valence-corrected chi connectivity index (χ4v) is 2.52. The van der Waals surface area contributed by atoms with E-state index in [-0.39, 0.29) is 0 Å². The standard InChI is InChI=1S/C16H23NO/c1-13(15-10-6-7-11-16(15)18-2)17-12-14-8-4-3-5-9-14/h3-4,6-7,10-11,13-14,17H,5,8-9,12H2,1-2H3/t13-,14?/m0/s1. The molecule has 1 aromatic rings. The first kappa shape index (κ1) is 13.2. The van der Waals surface area contributed by atoms with Crippen molar-refractivity contribution in [3.05, 3.63) is 42.0 Å². The second-order valence-corrected chi connectivity index (χ2v) is 5.02. The molecule has 0 saturated carbocycles. The molecule has 1 aliphatic carbocycles. The molecule has 0 amide bonds. The second kappa shape index (κ2) is 6.60. The van der Waals surface area contributed by atoms with Crippen molar-refractivity contribution in [1.82, 2.24) is 5.32 Å². The van der Waals surface area contributed by atoms with Gasteiger partial charge in [0.15, 0.2) is 0 Å². The van der Waals surface area contributed by atoms with Crippen LogP contribution < -0.4 is 10.1 Å². The van der Waals surface area contributed by atoms with Gasteiger partial charge in [-0.15, -0.1) is 0 Å². The number of hydrogen-bond donors (Lipinski definition) is 1. The monoisotopic (exact) mass is 245 g/mol. The third-order valence-electron chi connectivity index (χ3n) is 3.70. The van der Waals surface area contributed by atoms with Crippen molar-refractivity contribution in [1.29, 1.82) is 0 Å². The molecule has 0 aromatic heterocycles. The number of ether oxygens (including phenoxy) is 1. The van der Waals surface area contributed by atoms with E-state index in [1.165, 1.54) is 24.8 Å². The Morgan fingerprint density at radius 2 is 2.17 bits per heavy atom. The van der Waals surface area contributed by atoms with Crippen LogP contribution in [-0.2, 0) is 0 Å². The van der Waals surface area contributed by atoms with Gasteiger partial charge in [-0.1, -0.05) is 30.4 Å². The molecular weight excluding hydrogens is 222 g/mol. The minimum Gasteiger partial charge on any atom is -0.496 e. The molecular formula is C16H23NO. The normalized spacial score (nSPS) is 20.7. The molecule has 1 unspecified atom stereocenters. The summed E-state index contributed by atoms with van der Waals surface area (Å²) in [5.74, 6) is 1.76. The van der Waals surface area contributed by atoms with Crippen molar-refractivity contribution in [2.75, 3.05) is 13.7 Å². The number of methoxy groups -OCH3 is 1. The lowest BCUT2D eigenvalue weighted by Gasteiger charge is -2.22. The predicted molar refractivity (Wildman–Crippen MR) is 75.9 cm³/mol. The van der Waals surface area contributed by atoms with E-state index in [1.807, 2.05) is 12.1 Å². The Morgan fingerprint density at radius 3 is 2.89 bits per heavy atom. The average Bonchev–Trinajstić information content (AvgIpc) is 2.45. The molecule has 0 aliphatic heterocycles. The van der Waals surface area contributed by atoms with E-state index >= 15 is 0 Å². The Bertz CT molecular complexity index is 400. The molecule has 0 bridgehead atoms. The average molecular weight is 245 g/mol. The Morgan fingerprint density at radius 1 is 1.33 bits per heavy atom. The first-order chi connectivity index (χ1) is 8.81. The largest absolute Gasteiger partial charge is 0.496 e. The minimum atomic E-state index is 0.340. The van der Waals surface area contributed by atoms with Crippen molar-refractivity contribution in [3.8, 4) is 5.75 Å². The molecule has 0 fully saturated rings. The van der Waals surface area contributed by atoms with Gasteiger partial charge >= 0.3 is 0 Å². The molecule has 0 spiro atoms. The Kier molecular flexibility index (Phi) is 4.82. The van der Waals surface area contributed by atoms with E-state index in [0.717, 1.165) is 18.2 Å². The molecule has 0 saturated heterocycles. The summed E-state index contributed by atoms with van der Waals surface area (Å²) in [6.45, 7) is 3.29. The lowest BCUT2D eigenvalue weighted by Crippen LogP contribution is -2.26. The summed E-state index contributed by atoms with van der Waals surface area (Å²) in [4.78, 5) is 0. The van der Waals surface area contributed by atoms with Gasteiger partial charge in [0.2, 0.25) is 0 Å². The first-order valence-electron chi connectivity index (χ1n) is 6.82. The van der Waals surface area contributed by atoms with E-state index in [9.17, 15) is 0 Å². The van der Waals surface area contributed by atoms with Crippen LogP contribution in [0.1, 0.15) is 37.8 Å². The molecule has 1 N–H and O–H groups in total. The molecule has 18 heavy (non-hydrogen) atoms. The van der Waals surface area contributed by atoms with Gasteiger partial charge in [-0.05, 0) is 44.7 Å². The molecule has 0 heterocycles. The first-order valence-corrected chi connectivity index (χ1v) is 6.82. The van der Waals surface area contributed by atoms with Crippen molar-refractivity contribution in [2.24, 2.45) is 5.92 Å². The summed E-state index contributed by atoms with van der Waals surface area (Å²) < 4.78 is 5.41. The van der Waals surface area contributed by atoms with Crippen LogP contribution in [0.5, 0.6) is 5.75 Å². The van der Waals surface area contributed by atoms with Crippen LogP contribution in [0.15, 0.2) is 36.4 Å². The van der Waals surface area contributed by atoms with Gasteiger partial charge in [-0.25, -0.2) is 0 Å². The van der Waals surface area contributed by atoms with E-state index < -0.39 is 0 Å². The second-order valence-electron chi connectivity index (χ2n) is 5.02. The van der Waals surface area contributed by atoms with Gasteiger partial charge in [-0.2, -0.15) is 0 Å². The highest BCUT2D eigenvalue weighted by atomic mass is 16.5. The highest BCUT2D eigenvalue weighted by molar-refractivity contribution is 5.35. The minimum absolute atomic E-state index is 0.340. The number of para-hydroxylation sites is 1. The van der Waals surface area contributed by atoms with Crippen LogP contribution in [0.4, 0.5) is 0 Å². The molecule has 98 valence electrons. The van der Waals surface area contributed by atoms with Gasteiger partial charge in [0.05, 0.1) is 7.11 Å². The summed E-state index contributed by atoms with van der Waals surface area (Å²) in [5, 5.41) is 3.63. The number of benzene rings is 1. The maximum absolute atomic E-state index is 5.41. The van der Waals surface area contributed by atoms with Crippen LogP contribution in [0.2, 0.25) is 0 Å². The van der Waals surface area contributed by atoms with Crippen molar-refractivity contribution in [2.45, 2.75) is 32.2 Å². The molecule has 2 rings (SSSR count). The number of hydrogen-bond acceptors (Lipinski definition) is 2. The number of allylic oxidation sites excluding steroid dienone is 2. The fraction of sp³-hybridized carbons (Fsp3) is 0.500. The predicted octanol–water partition coefficient (Wildman–Crippen LogP) is 3.70. The van der Waals surface area contributed by atoms with E-state index in [1.54, 1.807) is 7.11 Å². The lowest BCUT2D eigenvalue weighted by molar-refractivity contribution is 0.387. The summed E-state index contributed by atoms with van der Waals surface area (Å²) >= 11 is 0. The zero-order valence-corrected chi connectivity index (χ0v) is 11.4. The highest BCUT2D eigenvalue weighted by Crippen LogP contribution is 2.25. The fourth-order valence-electron chi connectivity index (χ4n) is 2.52. The summed E-state index contributed by atoms with van der Waals surface area (Å²) in [6.07, 6.45) is 8.35. The van der Waals surface area contributed by atoms with Crippen molar-refractivity contribution < 1.29 is 4.74 Å². The highest BCUT2D eigenvalue weighted by Gasteiger charge is 2.14. The quantitative estimate of drug-likeness (QED) is 0.799. The zero-order valence-electron chi connectivity index (χ0n) is 11.4. The van der Waals surface area contributed by atoms with Crippen LogP contribution >= 0.6 is 0 Å². The van der Waals surface area contributed by atoms with E-state index in [0.29, 0.717) is 6.04 Å². The Labute approximate surface area is 110 Å². The molecule has 2 atom stereocenters. The summed E-state index contributed by atoms with van der Waals surface area (Å²) in [7, 11) is 1.73. The van der Waals surface area contributed by atoms with Crippen LogP contribution in [-0.4, -0.2) is 13.7 Å². The van der Waals surface area contributed by atoms with Crippen LogP contribution in [0, 0.1) is 5.92 Å². The topological polar surface area (TPSA) is 21.3 Å². The summed E-state index contributed by atoms with van der Waals surface area (Å²) in [5.41, 5.74) is 1.24. The van der Waals surface area contributed by atoms with Gasteiger partial charge < -0.3 is 10.1 Å². The Hall–Kier alpha value is -1.28. The molecule has 2 heteroatoms. The third kappa shape index (κ3) is 3.36. The third-order valence-corrected chi connectivity index (χ3v) is 3.70. The van der Waals surface area contributed by atoms with E-state index in [2.05, 4.69) is 36.5 Å². The van der Waals surface area contributed by atoms with Crippen LogP contribution in [0.25, 0.3) is 0 Å². The lowest BCUT2D eigenvalue weighted by atomic mass is 9.94. The van der Waals surface area contributed by atoms with Gasteiger partial charge in [0.1, 0.15) is 5.75 Å². The molecule has 0 radical (unpaired) electrons.